The molecule has 37 heavy (non-hydrogen) atoms. The number of hydrazone groups is 1. The fourth-order valence-corrected chi connectivity index (χ4v) is 3.61. The van der Waals surface area contributed by atoms with Gasteiger partial charge in [0, 0.05) is 11.6 Å². The van der Waals surface area contributed by atoms with Gasteiger partial charge in [-0.05, 0) is 48.9 Å². The number of carbonyl (C=O) groups is 1. The Bertz CT molecular complexity index is 1370. The Labute approximate surface area is 219 Å². The van der Waals surface area contributed by atoms with Gasteiger partial charge in [-0.3, -0.25) is 25.0 Å². The van der Waals surface area contributed by atoms with Crippen molar-refractivity contribution in [2.75, 3.05) is 13.7 Å². The van der Waals surface area contributed by atoms with Crippen LogP contribution in [0.15, 0.2) is 53.6 Å². The summed E-state index contributed by atoms with van der Waals surface area (Å²) in [6.07, 6.45) is 1.28. The van der Waals surface area contributed by atoms with Gasteiger partial charge in [0.2, 0.25) is 5.75 Å². The molecule has 0 heterocycles. The molecule has 0 unspecified atom stereocenters. The largest absolute Gasteiger partial charge is 0.493 e. The second kappa shape index (κ2) is 12.0. The number of amides is 1. The van der Waals surface area contributed by atoms with Crippen LogP contribution in [0.25, 0.3) is 0 Å². The molecule has 1 amide bonds. The van der Waals surface area contributed by atoms with Crippen LogP contribution in [-0.2, 0) is 0 Å². The van der Waals surface area contributed by atoms with E-state index in [9.17, 15) is 25.0 Å². The Morgan fingerprint density at radius 3 is 2.27 bits per heavy atom. The average Bonchev–Trinajstić information content (AvgIpc) is 2.86. The summed E-state index contributed by atoms with van der Waals surface area (Å²) in [6.45, 7) is 2.19. The molecular formula is C23H18Cl2N4O8. The number of nitro benzene ring substituents is 2. The molecule has 0 saturated carbocycles. The molecule has 1 N–H and O–H groups in total. The number of ether oxygens (including phenoxy) is 3. The summed E-state index contributed by atoms with van der Waals surface area (Å²) in [4.78, 5) is 33.1. The molecule has 0 fully saturated rings. The lowest BCUT2D eigenvalue weighted by Crippen LogP contribution is -2.17. The van der Waals surface area contributed by atoms with Crippen molar-refractivity contribution in [3.8, 4) is 23.0 Å². The van der Waals surface area contributed by atoms with Gasteiger partial charge in [-0.15, -0.1) is 0 Å². The van der Waals surface area contributed by atoms with Gasteiger partial charge < -0.3 is 14.2 Å². The zero-order valence-corrected chi connectivity index (χ0v) is 20.8. The molecular weight excluding hydrogens is 531 g/mol. The highest BCUT2D eigenvalue weighted by Gasteiger charge is 2.23. The summed E-state index contributed by atoms with van der Waals surface area (Å²) in [5.74, 6) is -0.0266. The molecule has 192 valence electrons. The van der Waals surface area contributed by atoms with E-state index < -0.39 is 27.1 Å². The minimum atomic E-state index is -0.825. The number of hydrogen-bond donors (Lipinski definition) is 1. The predicted octanol–water partition coefficient (Wildman–Crippen LogP) is 5.77. The molecule has 3 aromatic carbocycles. The molecule has 3 aromatic rings. The third-order valence-corrected chi connectivity index (χ3v) is 5.25. The maximum Gasteiger partial charge on any atom is 0.318 e. The van der Waals surface area contributed by atoms with Crippen LogP contribution in [-0.4, -0.2) is 35.7 Å². The van der Waals surface area contributed by atoms with Crippen molar-refractivity contribution in [2.24, 2.45) is 5.10 Å². The summed E-state index contributed by atoms with van der Waals surface area (Å²) >= 11 is 12.5. The summed E-state index contributed by atoms with van der Waals surface area (Å²) in [6, 6.07) is 10.3. The summed E-state index contributed by atoms with van der Waals surface area (Å²) in [5.41, 5.74) is 1.92. The lowest BCUT2D eigenvalue weighted by Gasteiger charge is -2.11. The van der Waals surface area contributed by atoms with E-state index in [1.54, 1.807) is 19.1 Å². The first kappa shape index (κ1) is 27.2. The zero-order chi connectivity index (χ0) is 27.1. The van der Waals surface area contributed by atoms with Gasteiger partial charge in [0.15, 0.2) is 17.2 Å². The number of non-ortho nitro benzene ring substituents is 1. The molecule has 0 radical (unpaired) electrons. The standard InChI is InChI=1S/C23H18Cl2N4O8/c1-3-36-21-10-14(4-6-20(21)35-2)23(30)27-26-12-13-8-16(24)22(17(25)9-13)37-19-7-5-15(28(31)32)11-18(19)29(33)34/h4-12H,3H2,1-2H3,(H,27,30)/b26-12+. The molecule has 0 aromatic heterocycles. The fourth-order valence-electron chi connectivity index (χ4n) is 3.03. The van der Waals surface area contributed by atoms with Crippen molar-refractivity contribution in [1.29, 1.82) is 0 Å². The molecule has 0 spiro atoms. The third-order valence-electron chi connectivity index (χ3n) is 4.69. The number of halogens is 2. The Kier molecular flexibility index (Phi) is 8.82. The van der Waals surface area contributed by atoms with Crippen LogP contribution in [0, 0.1) is 20.2 Å². The van der Waals surface area contributed by atoms with E-state index >= 15 is 0 Å². The number of benzene rings is 3. The van der Waals surface area contributed by atoms with Crippen LogP contribution in [0.4, 0.5) is 11.4 Å². The first-order valence-electron chi connectivity index (χ1n) is 10.4. The highest BCUT2D eigenvalue weighted by Crippen LogP contribution is 2.41. The number of hydrogen-bond acceptors (Lipinski definition) is 9. The minimum Gasteiger partial charge on any atom is -0.493 e. The van der Waals surface area contributed by atoms with Gasteiger partial charge in [0.25, 0.3) is 11.6 Å². The minimum absolute atomic E-state index is 0.0237. The highest BCUT2D eigenvalue weighted by atomic mass is 35.5. The first-order chi connectivity index (χ1) is 17.6. The first-order valence-corrected chi connectivity index (χ1v) is 11.1. The number of nitrogens with one attached hydrogen (secondary N) is 1. The average molecular weight is 549 g/mol. The second-order valence-corrected chi connectivity index (χ2v) is 7.89. The SMILES string of the molecule is CCOc1cc(C(=O)N/N=C/c2cc(Cl)c(Oc3ccc([N+](=O)[O-])cc3[N+](=O)[O-])c(Cl)c2)ccc1OC. The van der Waals surface area contributed by atoms with Crippen molar-refractivity contribution >= 4 is 46.7 Å². The van der Waals surface area contributed by atoms with Crippen LogP contribution in [0.3, 0.4) is 0 Å². The Balaban J connectivity index is 1.77. The molecule has 0 aliphatic rings. The molecule has 14 heteroatoms. The smallest absolute Gasteiger partial charge is 0.318 e. The van der Waals surface area contributed by atoms with Gasteiger partial charge in [0.1, 0.15) is 0 Å². The maximum atomic E-state index is 12.4. The van der Waals surface area contributed by atoms with Crippen molar-refractivity contribution < 1.29 is 28.9 Å². The molecule has 0 saturated heterocycles. The van der Waals surface area contributed by atoms with Crippen LogP contribution in [0.2, 0.25) is 10.0 Å². The van der Waals surface area contributed by atoms with Crippen LogP contribution in [0.5, 0.6) is 23.0 Å². The van der Waals surface area contributed by atoms with E-state index in [4.69, 9.17) is 37.4 Å². The number of rotatable bonds is 10. The van der Waals surface area contributed by atoms with Crippen molar-refractivity contribution in [1.82, 2.24) is 5.43 Å². The lowest BCUT2D eigenvalue weighted by atomic mass is 10.2. The highest BCUT2D eigenvalue weighted by molar-refractivity contribution is 6.37. The van der Waals surface area contributed by atoms with Crippen molar-refractivity contribution in [3.63, 3.8) is 0 Å². The van der Waals surface area contributed by atoms with Crippen molar-refractivity contribution in [2.45, 2.75) is 6.92 Å². The number of nitrogens with zero attached hydrogens (tertiary/aromatic N) is 3. The number of nitro groups is 2. The Morgan fingerprint density at radius 2 is 1.68 bits per heavy atom. The third kappa shape index (κ3) is 6.63. The van der Waals surface area contributed by atoms with Gasteiger partial charge in [-0.2, -0.15) is 5.10 Å². The van der Waals surface area contributed by atoms with E-state index in [-0.39, 0.29) is 27.1 Å². The van der Waals surface area contributed by atoms with E-state index in [1.807, 2.05) is 0 Å². The summed E-state index contributed by atoms with van der Waals surface area (Å²) in [5, 5.41) is 26.1. The number of methoxy groups -OCH3 is 1. The van der Waals surface area contributed by atoms with E-state index in [1.165, 1.54) is 31.5 Å². The molecule has 0 aliphatic heterocycles. The molecule has 0 aliphatic carbocycles. The topological polar surface area (TPSA) is 155 Å². The molecule has 0 bridgehead atoms. The van der Waals surface area contributed by atoms with Gasteiger partial charge >= 0.3 is 5.69 Å². The van der Waals surface area contributed by atoms with Gasteiger partial charge in [-0.25, -0.2) is 5.43 Å². The predicted molar refractivity (Wildman–Crippen MR) is 136 cm³/mol. The monoisotopic (exact) mass is 548 g/mol. The Morgan fingerprint density at radius 1 is 1.00 bits per heavy atom. The van der Waals surface area contributed by atoms with Crippen molar-refractivity contribution in [3.05, 3.63) is 89.9 Å². The number of carbonyl (C=O) groups excluding carboxylic acids is 1. The molecule has 3 rings (SSSR count). The molecule has 0 atom stereocenters. The van der Waals surface area contributed by atoms with Crippen LogP contribution >= 0.6 is 23.2 Å². The van der Waals surface area contributed by atoms with E-state index in [0.717, 1.165) is 18.2 Å². The summed E-state index contributed by atoms with van der Waals surface area (Å²) < 4.78 is 16.2. The maximum absolute atomic E-state index is 12.4. The van der Waals surface area contributed by atoms with Crippen LogP contribution in [0.1, 0.15) is 22.8 Å². The molecule has 12 nitrogen and oxygen atoms in total. The van der Waals surface area contributed by atoms with E-state index in [2.05, 4.69) is 10.5 Å². The second-order valence-electron chi connectivity index (χ2n) is 7.08. The lowest BCUT2D eigenvalue weighted by molar-refractivity contribution is -0.394. The zero-order valence-electron chi connectivity index (χ0n) is 19.3. The Hall–Kier alpha value is -4.42. The fraction of sp³-hybridized carbons (Fsp3) is 0.130. The quantitative estimate of drug-likeness (QED) is 0.190. The van der Waals surface area contributed by atoms with E-state index in [0.29, 0.717) is 23.7 Å². The normalized spacial score (nSPS) is 10.7. The van der Waals surface area contributed by atoms with Crippen LogP contribution < -0.4 is 19.6 Å². The van der Waals surface area contributed by atoms with Gasteiger partial charge in [-0.1, -0.05) is 23.2 Å². The summed E-state index contributed by atoms with van der Waals surface area (Å²) in [7, 11) is 1.49. The van der Waals surface area contributed by atoms with Gasteiger partial charge in [0.05, 0.1) is 45.9 Å².